The van der Waals surface area contributed by atoms with Crippen LogP contribution in [0, 0.1) is 5.82 Å². The zero-order valence-corrected chi connectivity index (χ0v) is 17.7. The molecule has 148 valence electrons. The Hall–Kier alpha value is -2.50. The highest BCUT2D eigenvalue weighted by Crippen LogP contribution is 2.35. The van der Waals surface area contributed by atoms with E-state index in [-0.39, 0.29) is 23.8 Å². The number of phenolic OH excluding ortho intramolecular Hbond substituents is 1. The van der Waals surface area contributed by atoms with E-state index in [1.54, 1.807) is 18.2 Å². The molecule has 3 nitrogen and oxygen atoms in total. The number of aliphatic imine (C=N–C) groups is 1. The van der Waals surface area contributed by atoms with Gasteiger partial charge >= 0.3 is 0 Å². The van der Waals surface area contributed by atoms with Crippen LogP contribution in [0.1, 0.15) is 47.8 Å². The van der Waals surface area contributed by atoms with E-state index in [9.17, 15) is 9.50 Å². The van der Waals surface area contributed by atoms with E-state index in [1.807, 2.05) is 12.1 Å². The van der Waals surface area contributed by atoms with E-state index in [1.165, 1.54) is 17.7 Å². The van der Waals surface area contributed by atoms with Gasteiger partial charge in [0, 0.05) is 28.2 Å². The van der Waals surface area contributed by atoms with Gasteiger partial charge in [0.05, 0.1) is 0 Å². The lowest BCUT2D eigenvalue weighted by Crippen LogP contribution is -2.33. The van der Waals surface area contributed by atoms with Crippen LogP contribution in [0.15, 0.2) is 76.2 Å². The monoisotopic (exact) mass is 452 g/mol. The van der Waals surface area contributed by atoms with Crippen LogP contribution in [0.5, 0.6) is 5.75 Å². The molecule has 0 amide bonds. The molecule has 2 N–H and O–H groups in total. The van der Waals surface area contributed by atoms with Gasteiger partial charge in [0.2, 0.25) is 0 Å². The molecule has 0 radical (unpaired) electrons. The van der Waals surface area contributed by atoms with Gasteiger partial charge in [-0.2, -0.15) is 0 Å². The van der Waals surface area contributed by atoms with Gasteiger partial charge in [-0.1, -0.05) is 59.3 Å². The minimum Gasteiger partial charge on any atom is -0.508 e. The van der Waals surface area contributed by atoms with Crippen molar-refractivity contribution in [3.8, 4) is 5.75 Å². The van der Waals surface area contributed by atoms with Crippen molar-refractivity contribution < 1.29 is 9.50 Å². The van der Waals surface area contributed by atoms with Crippen LogP contribution in [-0.4, -0.2) is 10.8 Å². The molecule has 0 unspecified atom stereocenters. The number of hydrogen-bond donors (Lipinski definition) is 2. The molecular formula is C24H22BrFN2O. The minimum absolute atomic E-state index is 0.124. The number of aromatic hydroxyl groups is 1. The van der Waals surface area contributed by atoms with Gasteiger partial charge in [0.15, 0.2) is 0 Å². The summed E-state index contributed by atoms with van der Waals surface area (Å²) in [5.41, 5.74) is 5.00. The van der Waals surface area contributed by atoms with Crippen molar-refractivity contribution in [3.63, 3.8) is 0 Å². The van der Waals surface area contributed by atoms with E-state index in [2.05, 4.69) is 52.4 Å². The van der Waals surface area contributed by atoms with Crippen LogP contribution in [0.2, 0.25) is 0 Å². The topological polar surface area (TPSA) is 44.6 Å². The Balaban J connectivity index is 1.75. The number of aryl methyl sites for hydroxylation is 1. The van der Waals surface area contributed by atoms with Gasteiger partial charge in [-0.05, 0) is 53.4 Å². The summed E-state index contributed by atoms with van der Waals surface area (Å²) in [7, 11) is 0. The molecule has 0 saturated carbocycles. The van der Waals surface area contributed by atoms with Crippen molar-refractivity contribution in [1.29, 1.82) is 0 Å². The van der Waals surface area contributed by atoms with Crippen LogP contribution in [-0.2, 0) is 6.42 Å². The predicted octanol–water partition coefficient (Wildman–Crippen LogP) is 6.08. The maximum Gasteiger partial charge on any atom is 0.126 e. The SMILES string of the molecule is CCc1ccc(C2=N[C@H](c3ccc(F)cc3)N[C@@H](c3cc(Br)ccc3O)C2)cc1. The Kier molecular flexibility index (Phi) is 5.79. The fourth-order valence-corrected chi connectivity index (χ4v) is 4.01. The third-order valence-electron chi connectivity index (χ3n) is 5.29. The standard InChI is InChI=1S/C24H22BrFN2O/c1-2-15-3-5-16(6-4-15)21-14-22(20-13-18(25)9-12-23(20)29)28-24(27-21)17-7-10-19(26)11-8-17/h3-13,22,24,28-29H,2,14H2,1H3/t22-,24+/m1/s1. The molecule has 3 aromatic rings. The Bertz CT molecular complexity index is 1030. The molecule has 0 aromatic heterocycles. The first-order valence-electron chi connectivity index (χ1n) is 9.69. The quantitative estimate of drug-likeness (QED) is 0.503. The second kappa shape index (κ2) is 8.47. The van der Waals surface area contributed by atoms with Crippen LogP contribution in [0.25, 0.3) is 0 Å². The summed E-state index contributed by atoms with van der Waals surface area (Å²) in [5, 5.41) is 14.0. The number of halogens is 2. The molecular weight excluding hydrogens is 431 g/mol. The molecule has 1 aliphatic rings. The molecule has 0 fully saturated rings. The molecule has 5 heteroatoms. The molecule has 1 aliphatic heterocycles. The Morgan fingerprint density at radius 3 is 2.48 bits per heavy atom. The normalized spacial score (nSPS) is 19.1. The van der Waals surface area contributed by atoms with Crippen LogP contribution >= 0.6 is 15.9 Å². The van der Waals surface area contributed by atoms with Gasteiger partial charge < -0.3 is 5.11 Å². The molecule has 0 aliphatic carbocycles. The predicted molar refractivity (Wildman–Crippen MR) is 118 cm³/mol. The van der Waals surface area contributed by atoms with Gasteiger partial charge in [0.1, 0.15) is 17.7 Å². The Morgan fingerprint density at radius 2 is 1.79 bits per heavy atom. The van der Waals surface area contributed by atoms with Crippen LogP contribution in [0.3, 0.4) is 0 Å². The van der Waals surface area contributed by atoms with E-state index < -0.39 is 0 Å². The number of benzene rings is 3. The molecule has 2 atom stereocenters. The first kappa shape index (κ1) is 19.8. The first-order valence-corrected chi connectivity index (χ1v) is 10.5. The summed E-state index contributed by atoms with van der Waals surface area (Å²) in [4.78, 5) is 4.93. The van der Waals surface area contributed by atoms with E-state index in [0.29, 0.717) is 6.42 Å². The van der Waals surface area contributed by atoms with Crippen molar-refractivity contribution in [3.05, 3.63) is 99.3 Å². The summed E-state index contributed by atoms with van der Waals surface area (Å²) >= 11 is 3.50. The number of nitrogens with zero attached hydrogens (tertiary/aromatic N) is 1. The summed E-state index contributed by atoms with van der Waals surface area (Å²) in [6.45, 7) is 2.13. The van der Waals surface area contributed by atoms with E-state index in [0.717, 1.165) is 33.3 Å². The summed E-state index contributed by atoms with van der Waals surface area (Å²) in [5.74, 6) is -0.0313. The summed E-state index contributed by atoms with van der Waals surface area (Å²) in [6.07, 6.45) is 1.31. The van der Waals surface area contributed by atoms with Crippen LogP contribution in [0.4, 0.5) is 4.39 Å². The van der Waals surface area contributed by atoms with Crippen molar-refractivity contribution >= 4 is 21.6 Å². The number of phenols is 1. The molecule has 0 saturated heterocycles. The largest absolute Gasteiger partial charge is 0.508 e. The molecule has 3 aromatic carbocycles. The highest BCUT2D eigenvalue weighted by molar-refractivity contribution is 9.10. The van der Waals surface area contributed by atoms with Gasteiger partial charge in [0.25, 0.3) is 0 Å². The fourth-order valence-electron chi connectivity index (χ4n) is 3.63. The lowest BCUT2D eigenvalue weighted by molar-refractivity contribution is 0.412. The van der Waals surface area contributed by atoms with E-state index in [4.69, 9.17) is 4.99 Å². The minimum atomic E-state index is -0.325. The number of rotatable bonds is 4. The molecule has 1 heterocycles. The second-order valence-corrected chi connectivity index (χ2v) is 8.12. The molecule has 0 bridgehead atoms. The smallest absolute Gasteiger partial charge is 0.126 e. The maximum absolute atomic E-state index is 13.4. The lowest BCUT2D eigenvalue weighted by atomic mass is 9.93. The Morgan fingerprint density at radius 1 is 1.07 bits per heavy atom. The van der Waals surface area contributed by atoms with E-state index >= 15 is 0 Å². The van der Waals surface area contributed by atoms with Crippen molar-refractivity contribution in [2.24, 2.45) is 4.99 Å². The van der Waals surface area contributed by atoms with Crippen molar-refractivity contribution in [2.75, 3.05) is 0 Å². The molecule has 0 spiro atoms. The van der Waals surface area contributed by atoms with Gasteiger partial charge in [-0.3, -0.25) is 10.3 Å². The average molecular weight is 453 g/mol. The first-order chi connectivity index (χ1) is 14.0. The summed E-state index contributed by atoms with van der Waals surface area (Å²) in [6, 6.07) is 20.1. The third-order valence-corrected chi connectivity index (χ3v) is 5.78. The fraction of sp³-hybridized carbons (Fsp3) is 0.208. The maximum atomic E-state index is 13.4. The lowest BCUT2D eigenvalue weighted by Gasteiger charge is -2.31. The highest BCUT2D eigenvalue weighted by atomic mass is 79.9. The molecule has 29 heavy (non-hydrogen) atoms. The summed E-state index contributed by atoms with van der Waals surface area (Å²) < 4.78 is 14.3. The third kappa shape index (κ3) is 4.41. The zero-order chi connectivity index (χ0) is 20.4. The van der Waals surface area contributed by atoms with Crippen molar-refractivity contribution in [1.82, 2.24) is 5.32 Å². The average Bonchev–Trinajstić information content (AvgIpc) is 2.75. The van der Waals surface area contributed by atoms with Crippen molar-refractivity contribution in [2.45, 2.75) is 32.0 Å². The molecule has 4 rings (SSSR count). The zero-order valence-electron chi connectivity index (χ0n) is 16.1. The van der Waals surface area contributed by atoms with Gasteiger partial charge in [-0.25, -0.2) is 4.39 Å². The Labute approximate surface area is 178 Å². The highest BCUT2D eigenvalue weighted by Gasteiger charge is 2.27. The van der Waals surface area contributed by atoms with Gasteiger partial charge in [-0.15, -0.1) is 0 Å². The second-order valence-electron chi connectivity index (χ2n) is 7.21. The van der Waals surface area contributed by atoms with Crippen LogP contribution < -0.4 is 5.32 Å². The number of nitrogens with one attached hydrogen (secondary N) is 1. The number of hydrogen-bond acceptors (Lipinski definition) is 3.